The van der Waals surface area contributed by atoms with Crippen molar-refractivity contribution >= 4 is 34.2 Å². The normalized spacial score (nSPS) is 22.9. The summed E-state index contributed by atoms with van der Waals surface area (Å²) in [7, 11) is 1.67. The van der Waals surface area contributed by atoms with E-state index >= 15 is 0 Å². The van der Waals surface area contributed by atoms with Crippen LogP contribution in [-0.4, -0.2) is 18.6 Å². The topological polar surface area (TPSA) is 50.7 Å². The number of Topliss-reactive ketones (excluding diaryl/α,β-unsaturated/α-hetero) is 1. The van der Waals surface area contributed by atoms with E-state index in [2.05, 4.69) is 42.6 Å². The van der Waals surface area contributed by atoms with Crippen molar-refractivity contribution in [2.75, 3.05) is 12.4 Å². The van der Waals surface area contributed by atoms with E-state index < -0.39 is 0 Å². The van der Waals surface area contributed by atoms with Crippen molar-refractivity contribution in [2.24, 2.45) is 10.9 Å². The van der Waals surface area contributed by atoms with Crippen LogP contribution in [0.4, 0.5) is 11.4 Å². The van der Waals surface area contributed by atoms with E-state index in [1.807, 2.05) is 30.3 Å². The first-order valence-corrected chi connectivity index (χ1v) is 11.1. The molecular weight excluding hydrogens is 392 g/mol. The number of ketones is 1. The first kappa shape index (κ1) is 19.1. The van der Waals surface area contributed by atoms with Crippen LogP contribution < -0.4 is 10.1 Å². The average molecular weight is 417 g/mol. The number of aliphatic imine (C=N–C) groups is 1. The minimum absolute atomic E-state index is 0.0737. The van der Waals surface area contributed by atoms with Crippen LogP contribution in [0.15, 0.2) is 65.7 Å². The van der Waals surface area contributed by atoms with Crippen LogP contribution in [0.1, 0.15) is 40.1 Å². The average Bonchev–Trinajstić information content (AvgIpc) is 3.11. The Morgan fingerprint density at radius 1 is 1.03 bits per heavy atom. The molecule has 1 fully saturated rings. The van der Waals surface area contributed by atoms with Gasteiger partial charge in [0.15, 0.2) is 0 Å². The fourth-order valence-electron chi connectivity index (χ4n) is 4.57. The van der Waals surface area contributed by atoms with Gasteiger partial charge in [-0.3, -0.25) is 9.79 Å². The molecule has 1 aliphatic carbocycles. The predicted octanol–water partition coefficient (Wildman–Crippen LogP) is 6.07. The van der Waals surface area contributed by atoms with E-state index in [0.717, 1.165) is 29.3 Å². The first-order valence-electron chi connectivity index (χ1n) is 10.3. The number of benzene rings is 2. The van der Waals surface area contributed by atoms with E-state index in [9.17, 15) is 4.79 Å². The van der Waals surface area contributed by atoms with Gasteiger partial charge in [0.2, 0.25) is 0 Å². The highest BCUT2D eigenvalue weighted by atomic mass is 32.1. The van der Waals surface area contributed by atoms with Gasteiger partial charge in [-0.25, -0.2) is 0 Å². The lowest BCUT2D eigenvalue weighted by Gasteiger charge is -2.33. The van der Waals surface area contributed by atoms with Gasteiger partial charge in [-0.05, 0) is 61.2 Å². The molecule has 3 aromatic rings. The van der Waals surface area contributed by atoms with Gasteiger partial charge in [-0.2, -0.15) is 0 Å². The van der Waals surface area contributed by atoms with Gasteiger partial charge >= 0.3 is 0 Å². The number of hydrogen-bond donors (Lipinski definition) is 1. The van der Waals surface area contributed by atoms with Crippen molar-refractivity contribution in [3.05, 3.63) is 76.0 Å². The Labute approximate surface area is 180 Å². The lowest BCUT2D eigenvalue weighted by Crippen LogP contribution is -2.38. The van der Waals surface area contributed by atoms with Crippen LogP contribution in [0.5, 0.6) is 5.75 Å². The van der Waals surface area contributed by atoms with Gasteiger partial charge in [-0.1, -0.05) is 24.3 Å². The fourth-order valence-corrected chi connectivity index (χ4v) is 5.53. The van der Waals surface area contributed by atoms with Gasteiger partial charge < -0.3 is 10.1 Å². The second-order valence-corrected chi connectivity index (χ2v) is 9.33. The number of carbonyl (C=O) groups is 1. The van der Waals surface area contributed by atoms with E-state index in [1.165, 1.54) is 15.3 Å². The Morgan fingerprint density at radius 3 is 2.57 bits per heavy atom. The number of para-hydroxylation sites is 2. The quantitative estimate of drug-likeness (QED) is 0.564. The monoisotopic (exact) mass is 416 g/mol. The molecule has 1 aliphatic heterocycles. The maximum atomic E-state index is 13.5. The molecule has 3 unspecified atom stereocenters. The molecule has 152 valence electrons. The molecule has 30 heavy (non-hydrogen) atoms. The van der Waals surface area contributed by atoms with E-state index in [4.69, 9.17) is 9.73 Å². The third-order valence-corrected chi connectivity index (χ3v) is 7.16. The Bertz CT molecular complexity index is 1120. The van der Waals surface area contributed by atoms with Crippen molar-refractivity contribution in [2.45, 2.75) is 31.7 Å². The predicted molar refractivity (Wildman–Crippen MR) is 122 cm³/mol. The Hall–Kier alpha value is -2.92. The summed E-state index contributed by atoms with van der Waals surface area (Å²) in [6.45, 7) is 2.11. The number of rotatable bonds is 3. The van der Waals surface area contributed by atoms with Crippen molar-refractivity contribution in [1.82, 2.24) is 0 Å². The molecule has 1 saturated carbocycles. The van der Waals surface area contributed by atoms with Crippen LogP contribution in [0, 0.1) is 12.8 Å². The van der Waals surface area contributed by atoms with Crippen LogP contribution in [0.25, 0.3) is 0 Å². The molecule has 5 rings (SSSR count). The van der Waals surface area contributed by atoms with Crippen LogP contribution >= 0.6 is 11.3 Å². The maximum Gasteiger partial charge on any atom is 0.144 e. The highest BCUT2D eigenvalue weighted by Gasteiger charge is 2.42. The summed E-state index contributed by atoms with van der Waals surface area (Å²) in [5.41, 5.74) is 4.06. The molecule has 0 saturated heterocycles. The van der Waals surface area contributed by atoms with Gasteiger partial charge in [0.25, 0.3) is 0 Å². The van der Waals surface area contributed by atoms with E-state index in [1.54, 1.807) is 18.4 Å². The second kappa shape index (κ2) is 7.73. The van der Waals surface area contributed by atoms with Crippen LogP contribution in [0.3, 0.4) is 0 Å². The highest BCUT2D eigenvalue weighted by molar-refractivity contribution is 7.12. The molecule has 2 heterocycles. The number of aryl methyl sites for hydroxylation is 1. The summed E-state index contributed by atoms with van der Waals surface area (Å²) in [6.07, 6.45) is 1.33. The zero-order valence-corrected chi connectivity index (χ0v) is 17.9. The molecule has 0 spiro atoms. The summed E-state index contributed by atoms with van der Waals surface area (Å²) in [5, 5.41) is 3.65. The van der Waals surface area contributed by atoms with Gasteiger partial charge in [-0.15, -0.1) is 11.3 Å². The third-order valence-electron chi connectivity index (χ3n) is 6.08. The number of ether oxygens (including phenoxy) is 1. The van der Waals surface area contributed by atoms with Crippen molar-refractivity contribution in [1.29, 1.82) is 0 Å². The summed E-state index contributed by atoms with van der Waals surface area (Å²) < 4.78 is 5.29. The second-order valence-electron chi connectivity index (χ2n) is 8.01. The number of carbonyl (C=O) groups excluding carboxylic acids is 1. The van der Waals surface area contributed by atoms with Gasteiger partial charge in [0, 0.05) is 21.9 Å². The maximum absolute atomic E-state index is 13.5. The minimum Gasteiger partial charge on any atom is -0.497 e. The number of anilines is 1. The summed E-state index contributed by atoms with van der Waals surface area (Å²) in [6, 6.07) is 20.4. The lowest BCUT2D eigenvalue weighted by atomic mass is 9.73. The standard InChI is InChI=1S/C25H24N2O2S/c1-15-7-12-23(30-15)25-24-21(26-19-5-3-4-6-20(19)27-25)13-17(14-22(24)28)16-8-10-18(29-2)11-9-16/h3-12,17,24-25,27H,13-14H2,1-2H3. The Balaban J connectivity index is 1.55. The number of nitrogens with one attached hydrogen (secondary N) is 1. The number of fused-ring (bicyclic) bond motifs is 2. The highest BCUT2D eigenvalue weighted by Crippen LogP contribution is 2.45. The molecule has 5 heteroatoms. The molecule has 0 bridgehead atoms. The van der Waals surface area contributed by atoms with E-state index in [0.29, 0.717) is 6.42 Å². The summed E-state index contributed by atoms with van der Waals surface area (Å²) in [4.78, 5) is 21.0. The number of nitrogens with zero attached hydrogens (tertiary/aromatic N) is 1. The smallest absolute Gasteiger partial charge is 0.144 e. The number of methoxy groups -OCH3 is 1. The molecule has 1 N–H and O–H groups in total. The molecule has 1 aromatic heterocycles. The van der Waals surface area contributed by atoms with Crippen molar-refractivity contribution in [3.8, 4) is 5.75 Å². The zero-order valence-electron chi connectivity index (χ0n) is 17.1. The number of hydrogen-bond acceptors (Lipinski definition) is 5. The largest absolute Gasteiger partial charge is 0.497 e. The van der Waals surface area contributed by atoms with Crippen LogP contribution in [-0.2, 0) is 4.79 Å². The Morgan fingerprint density at radius 2 is 1.83 bits per heavy atom. The summed E-state index contributed by atoms with van der Waals surface area (Å²) in [5.74, 6) is 1.01. The third kappa shape index (κ3) is 3.43. The molecule has 0 amide bonds. The molecule has 4 nitrogen and oxygen atoms in total. The number of thiophene rings is 1. The first-order chi connectivity index (χ1) is 14.6. The molecule has 0 radical (unpaired) electrons. The molecular formula is C25H24N2O2S. The zero-order chi connectivity index (χ0) is 20.7. The fraction of sp³-hybridized carbons (Fsp3) is 0.280. The minimum atomic E-state index is -0.232. The lowest BCUT2D eigenvalue weighted by molar-refractivity contribution is -0.122. The Kier molecular flexibility index (Phi) is 4.91. The van der Waals surface area contributed by atoms with E-state index in [-0.39, 0.29) is 23.7 Å². The molecule has 2 aromatic carbocycles. The van der Waals surface area contributed by atoms with Crippen molar-refractivity contribution < 1.29 is 9.53 Å². The SMILES string of the molecule is COc1ccc(C2CC(=O)C3C(=Nc4ccccc4NC3c3ccc(C)s3)C2)cc1. The summed E-state index contributed by atoms with van der Waals surface area (Å²) >= 11 is 1.75. The van der Waals surface area contributed by atoms with Gasteiger partial charge in [0.05, 0.1) is 30.4 Å². The van der Waals surface area contributed by atoms with Crippen molar-refractivity contribution in [3.63, 3.8) is 0 Å². The van der Waals surface area contributed by atoms with Crippen LogP contribution in [0.2, 0.25) is 0 Å². The van der Waals surface area contributed by atoms with Gasteiger partial charge in [0.1, 0.15) is 11.5 Å². The molecule has 3 atom stereocenters. The molecule has 2 aliphatic rings.